The van der Waals surface area contributed by atoms with Crippen molar-refractivity contribution < 1.29 is 17.9 Å². The van der Waals surface area contributed by atoms with E-state index in [-0.39, 0.29) is 5.75 Å². The number of benzene rings is 1. The predicted molar refractivity (Wildman–Crippen MR) is 72.0 cm³/mol. The van der Waals surface area contributed by atoms with Crippen molar-refractivity contribution >= 4 is 22.8 Å². The number of nitrogens with zero attached hydrogens (tertiary/aromatic N) is 1. The molecule has 3 N–H and O–H groups in total. The topological polar surface area (TPSA) is 63.9 Å². The van der Waals surface area contributed by atoms with Crippen molar-refractivity contribution in [1.82, 2.24) is 9.97 Å². The molecule has 0 radical (unpaired) electrons. The van der Waals surface area contributed by atoms with Crippen LogP contribution < -0.4 is 10.5 Å². The fourth-order valence-corrected chi connectivity index (χ4v) is 2.67. The highest BCUT2D eigenvalue weighted by molar-refractivity contribution is 7.99. The molecule has 1 aromatic carbocycles. The molecule has 0 saturated carbocycles. The second-order valence-electron chi connectivity index (χ2n) is 4.21. The highest BCUT2D eigenvalue weighted by atomic mass is 32.2. The number of thioether (sulfide) groups is 1. The molecule has 0 bridgehead atoms. The molecule has 0 fully saturated rings. The molecule has 0 aliphatic carbocycles. The summed E-state index contributed by atoms with van der Waals surface area (Å²) in [5.74, 6) is -1.03. The first-order valence-corrected chi connectivity index (χ1v) is 6.86. The number of aromatic amines is 1. The van der Waals surface area contributed by atoms with E-state index in [0.717, 1.165) is 17.3 Å². The number of hydrogen-bond acceptors (Lipinski definition) is 4. The van der Waals surface area contributed by atoms with E-state index in [1.54, 1.807) is 25.3 Å². The number of methoxy groups -OCH3 is 1. The van der Waals surface area contributed by atoms with Crippen molar-refractivity contribution in [2.24, 2.45) is 11.7 Å². The van der Waals surface area contributed by atoms with Gasteiger partial charge >= 0.3 is 6.18 Å². The van der Waals surface area contributed by atoms with Crippen LogP contribution >= 0.6 is 11.8 Å². The molecule has 1 aromatic heterocycles. The van der Waals surface area contributed by atoms with Gasteiger partial charge in [-0.15, -0.1) is 0 Å². The Kier molecular flexibility index (Phi) is 4.44. The molecule has 4 nitrogen and oxygen atoms in total. The smallest absolute Gasteiger partial charge is 0.393 e. The van der Waals surface area contributed by atoms with Gasteiger partial charge in [-0.05, 0) is 12.1 Å². The number of hydrogen-bond donors (Lipinski definition) is 2. The number of ether oxygens (including phenoxy) is 1. The van der Waals surface area contributed by atoms with Gasteiger partial charge in [0.05, 0.1) is 24.1 Å². The Morgan fingerprint density at radius 3 is 2.80 bits per heavy atom. The van der Waals surface area contributed by atoms with Crippen molar-refractivity contribution in [1.29, 1.82) is 0 Å². The second-order valence-corrected chi connectivity index (χ2v) is 5.22. The van der Waals surface area contributed by atoms with E-state index >= 15 is 0 Å². The summed E-state index contributed by atoms with van der Waals surface area (Å²) in [5, 5.41) is 0.441. The van der Waals surface area contributed by atoms with E-state index in [1.807, 2.05) is 0 Å². The molecule has 20 heavy (non-hydrogen) atoms. The summed E-state index contributed by atoms with van der Waals surface area (Å²) in [5.41, 5.74) is 6.57. The van der Waals surface area contributed by atoms with Gasteiger partial charge in [0.15, 0.2) is 5.16 Å². The molecule has 1 atom stereocenters. The van der Waals surface area contributed by atoms with Crippen molar-refractivity contribution in [2.45, 2.75) is 11.3 Å². The zero-order chi connectivity index (χ0) is 14.8. The largest absolute Gasteiger partial charge is 0.497 e. The number of alkyl halides is 3. The zero-order valence-corrected chi connectivity index (χ0v) is 11.5. The second kappa shape index (κ2) is 5.92. The molecule has 0 amide bonds. The molecule has 0 aliphatic rings. The lowest BCUT2D eigenvalue weighted by molar-refractivity contribution is -0.165. The van der Waals surface area contributed by atoms with Crippen LogP contribution in [0, 0.1) is 5.92 Å². The molecule has 1 heterocycles. The van der Waals surface area contributed by atoms with Gasteiger partial charge in [-0.3, -0.25) is 0 Å². The summed E-state index contributed by atoms with van der Waals surface area (Å²) < 4.78 is 42.8. The Morgan fingerprint density at radius 2 is 2.20 bits per heavy atom. The Labute approximate surface area is 117 Å². The first kappa shape index (κ1) is 15.0. The van der Waals surface area contributed by atoms with Crippen LogP contribution in [-0.4, -0.2) is 35.6 Å². The minimum Gasteiger partial charge on any atom is -0.497 e. The van der Waals surface area contributed by atoms with E-state index in [4.69, 9.17) is 10.5 Å². The quantitative estimate of drug-likeness (QED) is 0.834. The number of rotatable bonds is 5. The van der Waals surface area contributed by atoms with Crippen molar-refractivity contribution in [3.05, 3.63) is 18.2 Å². The van der Waals surface area contributed by atoms with Crippen LogP contribution in [0.3, 0.4) is 0 Å². The Hall–Kier alpha value is -1.41. The molecule has 2 aromatic rings. The van der Waals surface area contributed by atoms with Crippen LogP contribution in [0.1, 0.15) is 0 Å². The lowest BCUT2D eigenvalue weighted by atomic mass is 10.2. The zero-order valence-electron chi connectivity index (χ0n) is 10.7. The number of H-pyrrole nitrogens is 1. The van der Waals surface area contributed by atoms with Crippen LogP contribution in [0.2, 0.25) is 0 Å². The molecular formula is C12H14F3N3OS. The lowest BCUT2D eigenvalue weighted by Gasteiger charge is -2.16. The number of nitrogens with one attached hydrogen (secondary N) is 1. The van der Waals surface area contributed by atoms with E-state index in [2.05, 4.69) is 9.97 Å². The average molecular weight is 305 g/mol. The third-order valence-corrected chi connectivity index (χ3v) is 3.87. The first-order chi connectivity index (χ1) is 9.44. The van der Waals surface area contributed by atoms with Crippen LogP contribution in [0.5, 0.6) is 5.75 Å². The number of halogens is 3. The Bertz CT molecular complexity index is 585. The normalized spacial score (nSPS) is 13.7. The van der Waals surface area contributed by atoms with E-state index in [9.17, 15) is 13.2 Å². The summed E-state index contributed by atoms with van der Waals surface area (Å²) in [6.45, 7) is -0.426. The monoisotopic (exact) mass is 305 g/mol. The van der Waals surface area contributed by atoms with Gasteiger partial charge in [0.1, 0.15) is 5.75 Å². The molecule has 0 aliphatic heterocycles. The molecule has 0 saturated heterocycles. The summed E-state index contributed by atoms with van der Waals surface area (Å²) in [6, 6.07) is 5.24. The molecule has 1 unspecified atom stereocenters. The van der Waals surface area contributed by atoms with Gasteiger partial charge in [0.2, 0.25) is 0 Å². The number of nitrogens with two attached hydrogens (primary N) is 1. The highest BCUT2D eigenvalue weighted by Gasteiger charge is 2.38. The SMILES string of the molecule is COc1ccc2nc(SCC(CN)C(F)(F)F)[nH]c2c1. The fraction of sp³-hybridized carbons (Fsp3) is 0.417. The molecule has 8 heteroatoms. The van der Waals surface area contributed by atoms with Gasteiger partial charge in [0.25, 0.3) is 0 Å². The van der Waals surface area contributed by atoms with Crippen molar-refractivity contribution in [3.63, 3.8) is 0 Å². The van der Waals surface area contributed by atoms with Crippen LogP contribution in [0.4, 0.5) is 13.2 Å². The van der Waals surface area contributed by atoms with Gasteiger partial charge in [-0.1, -0.05) is 11.8 Å². The fourth-order valence-electron chi connectivity index (χ4n) is 1.64. The number of imidazole rings is 1. The van der Waals surface area contributed by atoms with Crippen LogP contribution in [0.25, 0.3) is 11.0 Å². The van der Waals surface area contributed by atoms with Crippen LogP contribution in [-0.2, 0) is 0 Å². The molecule has 0 spiro atoms. The van der Waals surface area contributed by atoms with E-state index < -0.39 is 18.6 Å². The standard InChI is InChI=1S/C12H14F3N3OS/c1-19-8-2-3-9-10(4-8)18-11(17-9)20-6-7(5-16)12(13,14)15/h2-4,7H,5-6,16H2,1H3,(H,17,18). The number of aromatic nitrogens is 2. The molecular weight excluding hydrogens is 291 g/mol. The van der Waals surface area contributed by atoms with Crippen molar-refractivity contribution in [3.8, 4) is 5.75 Å². The summed E-state index contributed by atoms with van der Waals surface area (Å²) in [7, 11) is 1.54. The minimum atomic E-state index is -4.28. The maximum absolute atomic E-state index is 12.6. The minimum absolute atomic E-state index is 0.156. The maximum atomic E-state index is 12.6. The van der Waals surface area contributed by atoms with Gasteiger partial charge in [0, 0.05) is 18.4 Å². The predicted octanol–water partition coefficient (Wildman–Crippen LogP) is 2.80. The van der Waals surface area contributed by atoms with Gasteiger partial charge in [-0.25, -0.2) is 4.98 Å². The van der Waals surface area contributed by atoms with Crippen LogP contribution in [0.15, 0.2) is 23.4 Å². The van der Waals surface area contributed by atoms with Crippen molar-refractivity contribution in [2.75, 3.05) is 19.4 Å². The summed E-state index contributed by atoms with van der Waals surface area (Å²) in [6.07, 6.45) is -4.28. The van der Waals surface area contributed by atoms with Gasteiger partial charge in [-0.2, -0.15) is 13.2 Å². The Balaban J connectivity index is 2.10. The third-order valence-electron chi connectivity index (χ3n) is 2.84. The lowest BCUT2D eigenvalue weighted by Crippen LogP contribution is -2.32. The molecule has 2 rings (SSSR count). The maximum Gasteiger partial charge on any atom is 0.393 e. The van der Waals surface area contributed by atoms with E-state index in [0.29, 0.717) is 16.4 Å². The average Bonchev–Trinajstić information content (AvgIpc) is 2.79. The Morgan fingerprint density at radius 1 is 1.45 bits per heavy atom. The third kappa shape index (κ3) is 3.37. The summed E-state index contributed by atoms with van der Waals surface area (Å²) in [4.78, 5) is 7.19. The first-order valence-electron chi connectivity index (χ1n) is 5.87. The van der Waals surface area contributed by atoms with E-state index in [1.165, 1.54) is 0 Å². The summed E-state index contributed by atoms with van der Waals surface area (Å²) >= 11 is 1.01. The highest BCUT2D eigenvalue weighted by Crippen LogP contribution is 2.31. The molecule has 110 valence electrons. The van der Waals surface area contributed by atoms with Gasteiger partial charge < -0.3 is 15.5 Å². The number of fused-ring (bicyclic) bond motifs is 1.